The maximum Gasteiger partial charge on any atom is 0.240 e. The number of anilines is 1. The fraction of sp³-hybridized carbons (Fsp3) is 0.250. The van der Waals surface area contributed by atoms with Gasteiger partial charge in [-0.3, -0.25) is 0 Å². The third kappa shape index (κ3) is 3.55. The van der Waals surface area contributed by atoms with Crippen molar-refractivity contribution >= 4 is 15.7 Å². The Labute approximate surface area is 116 Å². The predicted octanol–water partition coefficient (Wildman–Crippen LogP) is 0.973. The molecule has 0 unspecified atom stereocenters. The Morgan fingerprint density at radius 3 is 2.85 bits per heavy atom. The number of nitrogen functional groups attached to an aromatic ring is 1. The SMILES string of the molecule is Nc1ccc(S(=O)(=O)NCCCn2ccnc2)cc1F. The third-order valence-corrected chi connectivity index (χ3v) is 4.19. The lowest BCUT2D eigenvalue weighted by Gasteiger charge is -2.08. The molecule has 0 aliphatic carbocycles. The van der Waals surface area contributed by atoms with Crippen molar-refractivity contribution in [2.75, 3.05) is 12.3 Å². The zero-order chi connectivity index (χ0) is 14.6. The summed E-state index contributed by atoms with van der Waals surface area (Å²) in [6.45, 7) is 0.908. The maximum absolute atomic E-state index is 13.3. The molecule has 2 rings (SSSR count). The highest BCUT2D eigenvalue weighted by molar-refractivity contribution is 7.89. The molecule has 6 nitrogen and oxygen atoms in total. The minimum Gasteiger partial charge on any atom is -0.396 e. The Bertz CT molecular complexity index is 671. The smallest absolute Gasteiger partial charge is 0.240 e. The van der Waals surface area contributed by atoms with Crippen LogP contribution in [0.25, 0.3) is 0 Å². The Morgan fingerprint density at radius 2 is 2.20 bits per heavy atom. The van der Waals surface area contributed by atoms with Crippen molar-refractivity contribution in [1.29, 1.82) is 0 Å². The van der Waals surface area contributed by atoms with E-state index in [-0.39, 0.29) is 17.1 Å². The number of nitrogens with two attached hydrogens (primary N) is 1. The monoisotopic (exact) mass is 298 g/mol. The lowest BCUT2D eigenvalue weighted by molar-refractivity contribution is 0.567. The minimum absolute atomic E-state index is 0.0796. The summed E-state index contributed by atoms with van der Waals surface area (Å²) in [6, 6.07) is 3.42. The van der Waals surface area contributed by atoms with Crippen molar-refractivity contribution in [3.05, 3.63) is 42.7 Å². The van der Waals surface area contributed by atoms with Gasteiger partial charge in [-0.15, -0.1) is 0 Å². The summed E-state index contributed by atoms with van der Waals surface area (Å²) in [7, 11) is -3.71. The summed E-state index contributed by atoms with van der Waals surface area (Å²) in [5.74, 6) is -0.744. The lowest BCUT2D eigenvalue weighted by Crippen LogP contribution is -2.25. The highest BCUT2D eigenvalue weighted by Crippen LogP contribution is 2.15. The highest BCUT2D eigenvalue weighted by Gasteiger charge is 2.14. The number of halogens is 1. The van der Waals surface area contributed by atoms with E-state index in [1.807, 2.05) is 4.57 Å². The number of nitrogens with one attached hydrogen (secondary N) is 1. The first-order valence-electron chi connectivity index (χ1n) is 5.99. The van der Waals surface area contributed by atoms with Crippen LogP contribution in [0.4, 0.5) is 10.1 Å². The lowest BCUT2D eigenvalue weighted by atomic mass is 10.3. The van der Waals surface area contributed by atoms with E-state index in [0.717, 1.165) is 6.07 Å². The molecule has 0 radical (unpaired) electrons. The number of aryl methyl sites for hydroxylation is 1. The van der Waals surface area contributed by atoms with E-state index in [0.29, 0.717) is 13.0 Å². The van der Waals surface area contributed by atoms with E-state index >= 15 is 0 Å². The number of imidazole rings is 1. The molecule has 20 heavy (non-hydrogen) atoms. The number of hydrogen-bond acceptors (Lipinski definition) is 4. The number of hydrogen-bond donors (Lipinski definition) is 2. The number of benzene rings is 1. The van der Waals surface area contributed by atoms with Crippen LogP contribution in [0.5, 0.6) is 0 Å². The van der Waals surface area contributed by atoms with Crippen LogP contribution in [-0.2, 0) is 16.6 Å². The predicted molar refractivity (Wildman–Crippen MR) is 72.8 cm³/mol. The van der Waals surface area contributed by atoms with Gasteiger partial charge in [-0.1, -0.05) is 0 Å². The fourth-order valence-electron chi connectivity index (χ4n) is 1.65. The second-order valence-electron chi connectivity index (χ2n) is 4.24. The average molecular weight is 298 g/mol. The van der Waals surface area contributed by atoms with Crippen LogP contribution in [0.2, 0.25) is 0 Å². The second kappa shape index (κ2) is 6.02. The van der Waals surface area contributed by atoms with Crippen LogP contribution in [-0.4, -0.2) is 24.5 Å². The molecule has 0 aliphatic heterocycles. The van der Waals surface area contributed by atoms with E-state index in [1.54, 1.807) is 18.7 Å². The van der Waals surface area contributed by atoms with Crippen LogP contribution in [0.15, 0.2) is 41.8 Å². The molecule has 0 aliphatic rings. The van der Waals surface area contributed by atoms with Crippen LogP contribution < -0.4 is 10.5 Å². The minimum atomic E-state index is -3.71. The molecule has 3 N–H and O–H groups in total. The summed E-state index contributed by atoms with van der Waals surface area (Å²) in [6.07, 6.45) is 5.71. The molecule has 0 fully saturated rings. The summed E-state index contributed by atoms with van der Waals surface area (Å²) >= 11 is 0. The number of sulfonamides is 1. The molecule has 0 atom stereocenters. The van der Waals surface area contributed by atoms with Gasteiger partial charge >= 0.3 is 0 Å². The van der Waals surface area contributed by atoms with Crippen molar-refractivity contribution in [3.8, 4) is 0 Å². The van der Waals surface area contributed by atoms with Crippen molar-refractivity contribution in [3.63, 3.8) is 0 Å². The number of nitrogens with zero attached hydrogens (tertiary/aromatic N) is 2. The van der Waals surface area contributed by atoms with Gasteiger partial charge in [0.1, 0.15) is 5.82 Å². The molecule has 0 amide bonds. The van der Waals surface area contributed by atoms with Crippen molar-refractivity contribution < 1.29 is 12.8 Å². The van der Waals surface area contributed by atoms with E-state index in [4.69, 9.17) is 5.73 Å². The summed E-state index contributed by atoms with van der Waals surface area (Å²) < 4.78 is 41.4. The molecule has 0 bridgehead atoms. The molecule has 2 aromatic rings. The van der Waals surface area contributed by atoms with Gasteiger partial charge in [0, 0.05) is 25.5 Å². The molecule has 0 saturated carbocycles. The van der Waals surface area contributed by atoms with Gasteiger partial charge < -0.3 is 10.3 Å². The molecule has 0 spiro atoms. The molecule has 1 heterocycles. The van der Waals surface area contributed by atoms with E-state index < -0.39 is 15.8 Å². The zero-order valence-electron chi connectivity index (χ0n) is 10.7. The van der Waals surface area contributed by atoms with Crippen molar-refractivity contribution in [2.45, 2.75) is 17.9 Å². The Hall–Kier alpha value is -1.93. The maximum atomic E-state index is 13.3. The van der Waals surface area contributed by atoms with E-state index in [1.165, 1.54) is 12.1 Å². The van der Waals surface area contributed by atoms with Gasteiger partial charge in [-0.25, -0.2) is 22.5 Å². The quantitative estimate of drug-likeness (QED) is 0.614. The third-order valence-electron chi connectivity index (χ3n) is 2.73. The first-order valence-corrected chi connectivity index (χ1v) is 7.48. The summed E-state index contributed by atoms with van der Waals surface area (Å²) in [4.78, 5) is 3.75. The molecule has 8 heteroatoms. The molecular formula is C12H15FN4O2S. The van der Waals surface area contributed by atoms with Crippen LogP contribution in [0.3, 0.4) is 0 Å². The molecule has 1 aromatic carbocycles. The van der Waals surface area contributed by atoms with Crippen LogP contribution in [0.1, 0.15) is 6.42 Å². The van der Waals surface area contributed by atoms with Crippen molar-refractivity contribution in [2.24, 2.45) is 0 Å². The molecule has 1 aromatic heterocycles. The molecule has 0 saturated heterocycles. The first-order chi connectivity index (χ1) is 9.49. The summed E-state index contributed by atoms with van der Waals surface area (Å²) in [5.41, 5.74) is 5.23. The second-order valence-corrected chi connectivity index (χ2v) is 6.00. The first kappa shape index (κ1) is 14.5. The van der Waals surface area contributed by atoms with Crippen LogP contribution >= 0.6 is 0 Å². The standard InChI is InChI=1S/C12H15FN4O2S/c13-11-8-10(2-3-12(11)14)20(18,19)16-4-1-6-17-7-5-15-9-17/h2-3,5,7-9,16H,1,4,6,14H2. The van der Waals surface area contributed by atoms with Gasteiger partial charge in [0.2, 0.25) is 10.0 Å². The van der Waals surface area contributed by atoms with Gasteiger partial charge in [-0.05, 0) is 24.6 Å². The Kier molecular flexibility index (Phi) is 4.35. The Morgan fingerprint density at radius 1 is 1.40 bits per heavy atom. The average Bonchev–Trinajstić information content (AvgIpc) is 2.91. The zero-order valence-corrected chi connectivity index (χ0v) is 11.5. The van der Waals surface area contributed by atoms with Gasteiger partial charge in [-0.2, -0.15) is 0 Å². The topological polar surface area (TPSA) is 90.0 Å². The van der Waals surface area contributed by atoms with Gasteiger partial charge in [0.25, 0.3) is 0 Å². The number of rotatable bonds is 6. The van der Waals surface area contributed by atoms with Crippen LogP contribution in [0, 0.1) is 5.82 Å². The van der Waals surface area contributed by atoms with Gasteiger partial charge in [0.05, 0.1) is 16.9 Å². The normalized spacial score (nSPS) is 11.7. The van der Waals surface area contributed by atoms with E-state index in [2.05, 4.69) is 9.71 Å². The molecular weight excluding hydrogens is 283 g/mol. The number of aromatic nitrogens is 2. The van der Waals surface area contributed by atoms with Gasteiger partial charge in [0.15, 0.2) is 0 Å². The highest BCUT2D eigenvalue weighted by atomic mass is 32.2. The van der Waals surface area contributed by atoms with E-state index in [9.17, 15) is 12.8 Å². The summed E-state index contributed by atoms with van der Waals surface area (Å²) in [5, 5.41) is 0. The largest absolute Gasteiger partial charge is 0.396 e. The Balaban J connectivity index is 1.92. The molecule has 108 valence electrons. The van der Waals surface area contributed by atoms with Crippen molar-refractivity contribution in [1.82, 2.24) is 14.3 Å². The fourth-order valence-corrected chi connectivity index (χ4v) is 2.73.